The number of benzene rings is 2. The molecule has 2 aromatic carbocycles. The van der Waals surface area contributed by atoms with Crippen LogP contribution in [0.15, 0.2) is 53.0 Å². The Hall–Kier alpha value is -1.03. The highest BCUT2D eigenvalue weighted by Gasteiger charge is 2.09. The van der Waals surface area contributed by atoms with Crippen LogP contribution in [0.3, 0.4) is 0 Å². The molecule has 0 saturated carbocycles. The molecule has 0 spiro atoms. The molecule has 0 amide bonds. The van der Waals surface area contributed by atoms with Crippen LogP contribution in [0, 0.1) is 0 Å². The van der Waals surface area contributed by atoms with Crippen LogP contribution < -0.4 is 11.1 Å². The monoisotopic (exact) mass is 324 g/mol. The van der Waals surface area contributed by atoms with E-state index in [-0.39, 0.29) is 6.04 Å². The van der Waals surface area contributed by atoms with Crippen molar-refractivity contribution in [3.8, 4) is 0 Å². The SMILES string of the molecule is NCC(Nc1cccc(Br)c1)c1cccc(Cl)c1. The molecule has 1 atom stereocenters. The van der Waals surface area contributed by atoms with Gasteiger partial charge in [-0.05, 0) is 35.9 Å². The van der Waals surface area contributed by atoms with Crippen molar-refractivity contribution in [3.05, 3.63) is 63.6 Å². The van der Waals surface area contributed by atoms with Crippen LogP contribution >= 0.6 is 27.5 Å². The van der Waals surface area contributed by atoms with Gasteiger partial charge in [-0.3, -0.25) is 0 Å². The number of nitrogens with one attached hydrogen (secondary N) is 1. The average molecular weight is 326 g/mol. The van der Waals surface area contributed by atoms with Crippen LogP contribution in [0.5, 0.6) is 0 Å². The van der Waals surface area contributed by atoms with Gasteiger partial charge in [-0.15, -0.1) is 0 Å². The predicted molar refractivity (Wildman–Crippen MR) is 81.0 cm³/mol. The van der Waals surface area contributed by atoms with Crippen molar-refractivity contribution >= 4 is 33.2 Å². The summed E-state index contributed by atoms with van der Waals surface area (Å²) in [5.41, 5.74) is 7.94. The lowest BCUT2D eigenvalue weighted by molar-refractivity contribution is 0.790. The van der Waals surface area contributed by atoms with Crippen LogP contribution in [-0.2, 0) is 0 Å². The molecule has 4 heteroatoms. The molecule has 0 aliphatic heterocycles. The van der Waals surface area contributed by atoms with E-state index in [2.05, 4.69) is 21.2 Å². The van der Waals surface area contributed by atoms with Crippen LogP contribution in [0.2, 0.25) is 5.02 Å². The van der Waals surface area contributed by atoms with Gasteiger partial charge in [0.05, 0.1) is 6.04 Å². The number of hydrogen-bond acceptors (Lipinski definition) is 2. The highest BCUT2D eigenvalue weighted by molar-refractivity contribution is 9.10. The van der Waals surface area contributed by atoms with E-state index in [1.54, 1.807) is 0 Å². The van der Waals surface area contributed by atoms with Crippen molar-refractivity contribution < 1.29 is 0 Å². The minimum atomic E-state index is 0.0537. The fourth-order valence-electron chi connectivity index (χ4n) is 1.78. The smallest absolute Gasteiger partial charge is 0.0636 e. The minimum Gasteiger partial charge on any atom is -0.377 e. The standard InChI is InChI=1S/C14H14BrClN2/c15-11-4-2-6-13(8-11)18-14(9-17)10-3-1-5-12(16)7-10/h1-8,14,18H,9,17H2. The summed E-state index contributed by atoms with van der Waals surface area (Å²) in [6.07, 6.45) is 0. The Morgan fingerprint density at radius 1 is 1.17 bits per heavy atom. The van der Waals surface area contributed by atoms with Crippen molar-refractivity contribution in [2.45, 2.75) is 6.04 Å². The van der Waals surface area contributed by atoms with Crippen molar-refractivity contribution in [2.75, 3.05) is 11.9 Å². The zero-order chi connectivity index (χ0) is 13.0. The molecule has 2 rings (SSSR count). The molecular weight excluding hydrogens is 312 g/mol. The first-order valence-corrected chi connectivity index (χ1v) is 6.84. The summed E-state index contributed by atoms with van der Waals surface area (Å²) in [6.45, 7) is 0.507. The Kier molecular flexibility index (Phi) is 4.64. The van der Waals surface area contributed by atoms with Gasteiger partial charge in [0.15, 0.2) is 0 Å². The molecule has 0 fully saturated rings. The second kappa shape index (κ2) is 6.23. The van der Waals surface area contributed by atoms with E-state index < -0.39 is 0 Å². The lowest BCUT2D eigenvalue weighted by atomic mass is 10.1. The maximum atomic E-state index is 6.00. The zero-order valence-electron chi connectivity index (χ0n) is 9.74. The number of hydrogen-bond donors (Lipinski definition) is 2. The van der Waals surface area contributed by atoms with Gasteiger partial charge < -0.3 is 11.1 Å². The largest absolute Gasteiger partial charge is 0.377 e. The van der Waals surface area contributed by atoms with Gasteiger partial charge in [0.1, 0.15) is 0 Å². The first-order chi connectivity index (χ1) is 8.69. The Balaban J connectivity index is 2.19. The average Bonchev–Trinajstić information content (AvgIpc) is 2.36. The van der Waals surface area contributed by atoms with Gasteiger partial charge in [-0.1, -0.05) is 45.7 Å². The van der Waals surface area contributed by atoms with Crippen LogP contribution in [0.1, 0.15) is 11.6 Å². The first-order valence-electron chi connectivity index (χ1n) is 5.66. The summed E-state index contributed by atoms with van der Waals surface area (Å²) in [5.74, 6) is 0. The molecule has 18 heavy (non-hydrogen) atoms. The van der Waals surface area contributed by atoms with Gasteiger partial charge in [-0.25, -0.2) is 0 Å². The van der Waals surface area contributed by atoms with Gasteiger partial charge in [0.25, 0.3) is 0 Å². The van der Waals surface area contributed by atoms with Crippen molar-refractivity contribution in [1.29, 1.82) is 0 Å². The highest BCUT2D eigenvalue weighted by Crippen LogP contribution is 2.23. The van der Waals surface area contributed by atoms with Crippen molar-refractivity contribution in [2.24, 2.45) is 5.73 Å². The second-order valence-electron chi connectivity index (χ2n) is 4.00. The van der Waals surface area contributed by atoms with Crippen molar-refractivity contribution in [1.82, 2.24) is 0 Å². The molecule has 0 aliphatic rings. The van der Waals surface area contributed by atoms with Crippen molar-refractivity contribution in [3.63, 3.8) is 0 Å². The molecule has 0 radical (unpaired) electrons. The van der Waals surface area contributed by atoms with Gasteiger partial charge >= 0.3 is 0 Å². The Labute approximate surface area is 120 Å². The molecule has 0 aliphatic carbocycles. The van der Waals surface area contributed by atoms with E-state index in [1.165, 1.54) is 0 Å². The first kappa shape index (κ1) is 13.4. The maximum absolute atomic E-state index is 6.00. The molecule has 3 N–H and O–H groups in total. The predicted octanol–water partition coefficient (Wildman–Crippen LogP) is 4.21. The summed E-state index contributed by atoms with van der Waals surface area (Å²) in [4.78, 5) is 0. The van der Waals surface area contributed by atoms with Crippen LogP contribution in [-0.4, -0.2) is 6.54 Å². The summed E-state index contributed by atoms with van der Waals surface area (Å²) >= 11 is 9.45. The number of halogens is 2. The quantitative estimate of drug-likeness (QED) is 0.883. The van der Waals surface area contributed by atoms with E-state index in [9.17, 15) is 0 Å². The summed E-state index contributed by atoms with van der Waals surface area (Å²) in [6, 6.07) is 15.8. The molecule has 2 aromatic rings. The lowest BCUT2D eigenvalue weighted by Gasteiger charge is -2.19. The van der Waals surface area contributed by atoms with E-state index in [4.69, 9.17) is 17.3 Å². The fourth-order valence-corrected chi connectivity index (χ4v) is 2.38. The molecule has 94 valence electrons. The van der Waals surface area contributed by atoms with Crippen LogP contribution in [0.4, 0.5) is 5.69 Å². The lowest BCUT2D eigenvalue weighted by Crippen LogP contribution is -2.20. The third-order valence-corrected chi connectivity index (χ3v) is 3.38. The molecule has 2 nitrogen and oxygen atoms in total. The summed E-state index contributed by atoms with van der Waals surface area (Å²) in [5, 5.41) is 4.12. The van der Waals surface area contributed by atoms with E-state index in [0.717, 1.165) is 20.7 Å². The minimum absolute atomic E-state index is 0.0537. The van der Waals surface area contributed by atoms with E-state index in [1.807, 2.05) is 48.5 Å². The third kappa shape index (κ3) is 3.48. The Morgan fingerprint density at radius 3 is 2.61 bits per heavy atom. The van der Waals surface area contributed by atoms with Gasteiger partial charge in [-0.2, -0.15) is 0 Å². The molecule has 0 heterocycles. The molecule has 0 aromatic heterocycles. The summed E-state index contributed by atoms with van der Waals surface area (Å²) in [7, 11) is 0. The zero-order valence-corrected chi connectivity index (χ0v) is 12.1. The maximum Gasteiger partial charge on any atom is 0.0636 e. The normalized spacial score (nSPS) is 12.2. The number of rotatable bonds is 4. The summed E-state index contributed by atoms with van der Waals surface area (Å²) < 4.78 is 1.04. The third-order valence-electron chi connectivity index (χ3n) is 2.65. The van der Waals surface area contributed by atoms with Gasteiger partial charge in [0.2, 0.25) is 0 Å². The topological polar surface area (TPSA) is 38.0 Å². The number of anilines is 1. The second-order valence-corrected chi connectivity index (χ2v) is 5.35. The van der Waals surface area contributed by atoms with E-state index in [0.29, 0.717) is 6.54 Å². The Morgan fingerprint density at radius 2 is 1.94 bits per heavy atom. The van der Waals surface area contributed by atoms with Crippen LogP contribution in [0.25, 0.3) is 0 Å². The highest BCUT2D eigenvalue weighted by atomic mass is 79.9. The molecular formula is C14H14BrClN2. The molecule has 0 saturated heterocycles. The fraction of sp³-hybridized carbons (Fsp3) is 0.143. The van der Waals surface area contributed by atoms with Gasteiger partial charge in [0, 0.05) is 21.7 Å². The Bertz CT molecular complexity index is 531. The molecule has 0 bridgehead atoms. The number of nitrogens with two attached hydrogens (primary N) is 1. The van der Waals surface area contributed by atoms with E-state index >= 15 is 0 Å². The molecule has 1 unspecified atom stereocenters.